The Hall–Kier alpha value is -1.14. The van der Waals surface area contributed by atoms with E-state index in [9.17, 15) is 9.59 Å². The van der Waals surface area contributed by atoms with Crippen LogP contribution in [0.2, 0.25) is 0 Å². The van der Waals surface area contributed by atoms with Gasteiger partial charge in [0.15, 0.2) is 0 Å². The standard InChI is InChI=1S/C8H12O6/c1-5(9)13-7-8(14-6(2)10)12-4-3-11-7/h7-8H,3-4H2,1-2H3. The summed E-state index contributed by atoms with van der Waals surface area (Å²) in [6, 6.07) is 0. The molecule has 1 aliphatic rings. The van der Waals surface area contributed by atoms with Crippen molar-refractivity contribution in [1.29, 1.82) is 0 Å². The second-order valence-corrected chi connectivity index (χ2v) is 2.70. The van der Waals surface area contributed by atoms with E-state index in [-0.39, 0.29) is 0 Å². The van der Waals surface area contributed by atoms with Crippen LogP contribution >= 0.6 is 0 Å². The second kappa shape index (κ2) is 4.92. The molecule has 1 saturated heterocycles. The molecule has 0 saturated carbocycles. The summed E-state index contributed by atoms with van der Waals surface area (Å²) in [6.45, 7) is 3.08. The number of esters is 2. The van der Waals surface area contributed by atoms with Gasteiger partial charge in [0.05, 0.1) is 13.2 Å². The molecule has 0 aliphatic carbocycles. The van der Waals surface area contributed by atoms with Crippen LogP contribution in [-0.2, 0) is 28.5 Å². The van der Waals surface area contributed by atoms with E-state index in [1.807, 2.05) is 0 Å². The first kappa shape index (κ1) is 10.9. The summed E-state index contributed by atoms with van der Waals surface area (Å²) < 4.78 is 19.6. The second-order valence-electron chi connectivity index (χ2n) is 2.70. The minimum atomic E-state index is -0.967. The molecular formula is C8H12O6. The smallest absolute Gasteiger partial charge is 0.305 e. The van der Waals surface area contributed by atoms with E-state index in [4.69, 9.17) is 18.9 Å². The molecule has 0 bridgehead atoms. The van der Waals surface area contributed by atoms with Crippen molar-refractivity contribution in [3.05, 3.63) is 0 Å². The molecule has 0 amide bonds. The lowest BCUT2D eigenvalue weighted by Gasteiger charge is -2.29. The molecule has 1 rings (SSSR count). The van der Waals surface area contributed by atoms with Gasteiger partial charge < -0.3 is 18.9 Å². The Morgan fingerprint density at radius 3 is 1.64 bits per heavy atom. The summed E-state index contributed by atoms with van der Waals surface area (Å²) in [7, 11) is 0. The van der Waals surface area contributed by atoms with Gasteiger partial charge in [0.25, 0.3) is 12.6 Å². The van der Waals surface area contributed by atoms with E-state index in [0.717, 1.165) is 0 Å². The fourth-order valence-electron chi connectivity index (χ4n) is 0.992. The monoisotopic (exact) mass is 204 g/mol. The predicted octanol–water partition coefficient (Wildman–Crippen LogP) is -0.188. The zero-order valence-electron chi connectivity index (χ0n) is 8.02. The summed E-state index contributed by atoms with van der Waals surface area (Å²) in [5.74, 6) is -1.03. The summed E-state index contributed by atoms with van der Waals surface area (Å²) in [6.07, 6.45) is -1.93. The SMILES string of the molecule is CC(=O)OC1OCCOC1OC(C)=O. The van der Waals surface area contributed by atoms with Crippen LogP contribution in [0.4, 0.5) is 0 Å². The maximum Gasteiger partial charge on any atom is 0.305 e. The van der Waals surface area contributed by atoms with Crippen LogP contribution < -0.4 is 0 Å². The molecule has 6 nitrogen and oxygen atoms in total. The number of ether oxygens (including phenoxy) is 4. The first-order valence-electron chi connectivity index (χ1n) is 4.17. The lowest BCUT2D eigenvalue weighted by Crippen LogP contribution is -2.43. The number of hydrogen-bond donors (Lipinski definition) is 0. The molecule has 0 aromatic rings. The van der Waals surface area contributed by atoms with Crippen LogP contribution in [0, 0.1) is 0 Å². The highest BCUT2D eigenvalue weighted by Gasteiger charge is 2.32. The number of hydrogen-bond acceptors (Lipinski definition) is 6. The van der Waals surface area contributed by atoms with E-state index in [2.05, 4.69) is 0 Å². The van der Waals surface area contributed by atoms with E-state index < -0.39 is 24.5 Å². The van der Waals surface area contributed by atoms with Crippen molar-refractivity contribution in [3.63, 3.8) is 0 Å². The van der Waals surface area contributed by atoms with Crippen molar-refractivity contribution < 1.29 is 28.5 Å². The van der Waals surface area contributed by atoms with Crippen molar-refractivity contribution >= 4 is 11.9 Å². The van der Waals surface area contributed by atoms with E-state index >= 15 is 0 Å². The molecule has 1 heterocycles. The topological polar surface area (TPSA) is 71.1 Å². The molecule has 0 aromatic carbocycles. The van der Waals surface area contributed by atoms with Crippen LogP contribution in [0.15, 0.2) is 0 Å². The Balaban J connectivity index is 2.49. The van der Waals surface area contributed by atoms with Gasteiger partial charge in [-0.25, -0.2) is 0 Å². The third kappa shape index (κ3) is 3.31. The molecule has 6 heteroatoms. The lowest BCUT2D eigenvalue weighted by molar-refractivity contribution is -0.301. The van der Waals surface area contributed by atoms with Gasteiger partial charge in [-0.15, -0.1) is 0 Å². The normalized spacial score (nSPS) is 26.7. The first-order valence-corrected chi connectivity index (χ1v) is 4.17. The van der Waals surface area contributed by atoms with Crippen LogP contribution in [0.25, 0.3) is 0 Å². The maximum absolute atomic E-state index is 10.6. The van der Waals surface area contributed by atoms with Gasteiger partial charge in [0, 0.05) is 13.8 Å². The average Bonchev–Trinajstić information content (AvgIpc) is 2.06. The molecule has 80 valence electrons. The summed E-state index contributed by atoms with van der Waals surface area (Å²) in [5, 5.41) is 0. The molecule has 2 atom stereocenters. The Morgan fingerprint density at radius 2 is 1.36 bits per heavy atom. The van der Waals surface area contributed by atoms with Crippen molar-refractivity contribution in [2.45, 2.75) is 26.4 Å². The molecular weight excluding hydrogens is 192 g/mol. The van der Waals surface area contributed by atoms with Crippen molar-refractivity contribution in [2.24, 2.45) is 0 Å². The Morgan fingerprint density at radius 1 is 1.00 bits per heavy atom. The molecule has 2 unspecified atom stereocenters. The minimum absolute atomic E-state index is 0.301. The maximum atomic E-state index is 10.6. The van der Waals surface area contributed by atoms with Gasteiger partial charge in [-0.05, 0) is 0 Å². The van der Waals surface area contributed by atoms with E-state index in [0.29, 0.717) is 13.2 Å². The summed E-state index contributed by atoms with van der Waals surface area (Å²) in [4.78, 5) is 21.3. The van der Waals surface area contributed by atoms with Gasteiger partial charge in [-0.1, -0.05) is 0 Å². The summed E-state index contributed by atoms with van der Waals surface area (Å²) in [5.41, 5.74) is 0. The Kier molecular flexibility index (Phi) is 3.84. The number of carbonyl (C=O) groups is 2. The summed E-state index contributed by atoms with van der Waals surface area (Å²) >= 11 is 0. The highest BCUT2D eigenvalue weighted by molar-refractivity contribution is 5.67. The third-order valence-electron chi connectivity index (χ3n) is 1.43. The lowest BCUT2D eigenvalue weighted by atomic mass is 10.5. The predicted molar refractivity (Wildman–Crippen MR) is 43.0 cm³/mol. The highest BCUT2D eigenvalue weighted by Crippen LogP contribution is 2.13. The van der Waals surface area contributed by atoms with Crippen molar-refractivity contribution in [1.82, 2.24) is 0 Å². The molecule has 1 fully saturated rings. The van der Waals surface area contributed by atoms with Gasteiger partial charge >= 0.3 is 11.9 Å². The van der Waals surface area contributed by atoms with Gasteiger partial charge in [0.2, 0.25) is 0 Å². The largest absolute Gasteiger partial charge is 0.429 e. The quantitative estimate of drug-likeness (QED) is 0.580. The third-order valence-corrected chi connectivity index (χ3v) is 1.43. The number of rotatable bonds is 2. The molecule has 0 spiro atoms. The Labute approximate surface area is 81.1 Å². The molecule has 0 aromatic heterocycles. The molecule has 0 N–H and O–H groups in total. The van der Waals surface area contributed by atoms with Crippen molar-refractivity contribution in [2.75, 3.05) is 13.2 Å². The van der Waals surface area contributed by atoms with E-state index in [1.165, 1.54) is 13.8 Å². The van der Waals surface area contributed by atoms with Crippen LogP contribution in [0.1, 0.15) is 13.8 Å². The first-order chi connectivity index (χ1) is 6.59. The van der Waals surface area contributed by atoms with Crippen molar-refractivity contribution in [3.8, 4) is 0 Å². The fourth-order valence-corrected chi connectivity index (χ4v) is 0.992. The average molecular weight is 204 g/mol. The highest BCUT2D eigenvalue weighted by atomic mass is 16.8. The van der Waals surface area contributed by atoms with Crippen LogP contribution in [-0.4, -0.2) is 37.7 Å². The van der Waals surface area contributed by atoms with E-state index in [1.54, 1.807) is 0 Å². The zero-order valence-corrected chi connectivity index (χ0v) is 8.02. The van der Waals surface area contributed by atoms with Gasteiger partial charge in [-0.3, -0.25) is 9.59 Å². The minimum Gasteiger partial charge on any atom is -0.429 e. The Bertz CT molecular complexity index is 202. The molecule has 14 heavy (non-hydrogen) atoms. The van der Waals surface area contributed by atoms with Gasteiger partial charge in [-0.2, -0.15) is 0 Å². The van der Waals surface area contributed by atoms with Crippen LogP contribution in [0.3, 0.4) is 0 Å². The fraction of sp³-hybridized carbons (Fsp3) is 0.750. The zero-order chi connectivity index (χ0) is 10.6. The van der Waals surface area contributed by atoms with Gasteiger partial charge in [0.1, 0.15) is 0 Å². The molecule has 0 radical (unpaired) electrons. The number of carbonyl (C=O) groups excluding carboxylic acids is 2. The van der Waals surface area contributed by atoms with Crippen LogP contribution in [0.5, 0.6) is 0 Å². The molecule has 1 aliphatic heterocycles.